The van der Waals surface area contributed by atoms with Gasteiger partial charge in [0.15, 0.2) is 0 Å². The fourth-order valence-electron chi connectivity index (χ4n) is 3.48. The van der Waals surface area contributed by atoms with E-state index in [2.05, 4.69) is 52.4 Å². The lowest BCUT2D eigenvalue weighted by Crippen LogP contribution is -2.27. The minimum Gasteiger partial charge on any atom is -0.310 e. The van der Waals surface area contributed by atoms with Crippen molar-refractivity contribution in [3.63, 3.8) is 0 Å². The van der Waals surface area contributed by atoms with Crippen LogP contribution in [0.1, 0.15) is 37.8 Å². The summed E-state index contributed by atoms with van der Waals surface area (Å²) < 4.78 is 1.17. The van der Waals surface area contributed by atoms with E-state index in [4.69, 9.17) is 0 Å². The van der Waals surface area contributed by atoms with Gasteiger partial charge in [0.1, 0.15) is 0 Å². The second kappa shape index (κ2) is 4.74. The Labute approximate surface area is 112 Å². The van der Waals surface area contributed by atoms with Gasteiger partial charge in [0.25, 0.3) is 0 Å². The van der Waals surface area contributed by atoms with Gasteiger partial charge in [-0.2, -0.15) is 0 Å². The molecule has 1 nitrogen and oxygen atoms in total. The van der Waals surface area contributed by atoms with E-state index in [1.54, 1.807) is 0 Å². The van der Waals surface area contributed by atoms with Crippen LogP contribution in [0.2, 0.25) is 0 Å². The fourth-order valence-corrected chi connectivity index (χ4v) is 3.74. The molecule has 1 aromatic carbocycles. The molecule has 2 heteroatoms. The zero-order chi connectivity index (χ0) is 11.8. The summed E-state index contributed by atoms with van der Waals surface area (Å²) in [6.45, 7) is 3.27. The molecule has 17 heavy (non-hydrogen) atoms. The Kier molecular flexibility index (Phi) is 3.27. The largest absolute Gasteiger partial charge is 0.310 e. The van der Waals surface area contributed by atoms with E-state index in [0.29, 0.717) is 6.04 Å². The quantitative estimate of drug-likeness (QED) is 0.879. The Hall–Kier alpha value is -0.340. The lowest BCUT2D eigenvalue weighted by molar-refractivity contribution is 0.346. The molecule has 0 amide bonds. The van der Waals surface area contributed by atoms with Crippen LogP contribution in [-0.2, 0) is 0 Å². The van der Waals surface area contributed by atoms with Crippen LogP contribution >= 0.6 is 15.9 Å². The molecule has 92 valence electrons. The number of fused-ring (bicyclic) bond motifs is 1. The third kappa shape index (κ3) is 2.43. The number of rotatable bonds is 4. The zero-order valence-electron chi connectivity index (χ0n) is 10.3. The van der Waals surface area contributed by atoms with Crippen molar-refractivity contribution in [3.05, 3.63) is 34.3 Å². The highest BCUT2D eigenvalue weighted by atomic mass is 79.9. The SMILES string of the molecule is CCNC(c1ccc(Br)cc1)C1CC2CC2C1. The third-order valence-electron chi connectivity index (χ3n) is 4.40. The van der Waals surface area contributed by atoms with Gasteiger partial charge in [-0.25, -0.2) is 0 Å². The zero-order valence-corrected chi connectivity index (χ0v) is 11.9. The predicted octanol–water partition coefficient (Wildman–Crippen LogP) is 4.15. The van der Waals surface area contributed by atoms with E-state index >= 15 is 0 Å². The molecule has 3 unspecified atom stereocenters. The van der Waals surface area contributed by atoms with Crippen LogP contribution < -0.4 is 5.32 Å². The number of hydrogen-bond donors (Lipinski definition) is 1. The standard InChI is InChI=1S/C15H20BrN/c1-2-17-15(10-3-5-14(16)6-4-10)13-8-11-7-12(11)9-13/h3-6,11-13,15,17H,2,7-9H2,1H3. The van der Waals surface area contributed by atoms with Gasteiger partial charge >= 0.3 is 0 Å². The van der Waals surface area contributed by atoms with Crippen molar-refractivity contribution >= 4 is 15.9 Å². The average Bonchev–Trinajstić information content (AvgIpc) is 2.95. The summed E-state index contributed by atoms with van der Waals surface area (Å²) in [6, 6.07) is 9.42. The van der Waals surface area contributed by atoms with E-state index in [1.807, 2.05) is 0 Å². The molecule has 3 rings (SSSR count). The van der Waals surface area contributed by atoms with Crippen molar-refractivity contribution in [3.8, 4) is 0 Å². The molecule has 1 aromatic rings. The van der Waals surface area contributed by atoms with Crippen LogP contribution in [0.15, 0.2) is 28.7 Å². The molecule has 0 spiro atoms. The molecule has 0 aromatic heterocycles. The summed E-state index contributed by atoms with van der Waals surface area (Å²) in [5.41, 5.74) is 1.46. The first-order chi connectivity index (χ1) is 8.28. The Morgan fingerprint density at radius 1 is 1.18 bits per heavy atom. The molecule has 0 aliphatic heterocycles. The van der Waals surface area contributed by atoms with Crippen molar-refractivity contribution in [2.75, 3.05) is 6.54 Å². The first-order valence-electron chi connectivity index (χ1n) is 6.76. The van der Waals surface area contributed by atoms with E-state index in [-0.39, 0.29) is 0 Å². The summed E-state index contributed by atoms with van der Waals surface area (Å²) in [7, 11) is 0. The fraction of sp³-hybridized carbons (Fsp3) is 0.600. The minimum absolute atomic E-state index is 0.570. The Morgan fingerprint density at radius 2 is 1.82 bits per heavy atom. The van der Waals surface area contributed by atoms with Crippen LogP contribution in [0.4, 0.5) is 0 Å². The first-order valence-corrected chi connectivity index (χ1v) is 7.56. The smallest absolute Gasteiger partial charge is 0.0348 e. The summed E-state index contributed by atoms with van der Waals surface area (Å²) in [5, 5.41) is 3.69. The summed E-state index contributed by atoms with van der Waals surface area (Å²) in [6.07, 6.45) is 4.40. The molecule has 0 bridgehead atoms. The second-order valence-corrected chi connectivity index (χ2v) is 6.49. The van der Waals surface area contributed by atoms with Gasteiger partial charge in [-0.3, -0.25) is 0 Å². The van der Waals surface area contributed by atoms with Crippen molar-refractivity contribution in [2.24, 2.45) is 17.8 Å². The number of benzene rings is 1. The van der Waals surface area contributed by atoms with E-state index in [9.17, 15) is 0 Å². The Balaban J connectivity index is 1.76. The average molecular weight is 294 g/mol. The molecule has 2 saturated carbocycles. The van der Waals surface area contributed by atoms with Gasteiger partial charge in [-0.15, -0.1) is 0 Å². The van der Waals surface area contributed by atoms with Crippen LogP contribution in [0.5, 0.6) is 0 Å². The van der Waals surface area contributed by atoms with E-state index in [0.717, 1.165) is 24.3 Å². The normalized spacial score (nSPS) is 32.2. The van der Waals surface area contributed by atoms with Gasteiger partial charge in [0, 0.05) is 10.5 Å². The van der Waals surface area contributed by atoms with Gasteiger partial charge in [0.05, 0.1) is 0 Å². The molecule has 0 radical (unpaired) electrons. The molecule has 2 aliphatic carbocycles. The van der Waals surface area contributed by atoms with Crippen molar-refractivity contribution < 1.29 is 0 Å². The van der Waals surface area contributed by atoms with Gasteiger partial charge in [0.2, 0.25) is 0 Å². The number of hydrogen-bond acceptors (Lipinski definition) is 1. The summed E-state index contributed by atoms with van der Waals surface area (Å²) in [4.78, 5) is 0. The van der Waals surface area contributed by atoms with Crippen molar-refractivity contribution in [2.45, 2.75) is 32.2 Å². The van der Waals surface area contributed by atoms with Crippen molar-refractivity contribution in [1.29, 1.82) is 0 Å². The molecule has 0 saturated heterocycles. The van der Waals surface area contributed by atoms with Gasteiger partial charge < -0.3 is 5.32 Å². The highest BCUT2D eigenvalue weighted by Crippen LogP contribution is 2.57. The molecular weight excluding hydrogens is 274 g/mol. The van der Waals surface area contributed by atoms with Crippen LogP contribution in [0.3, 0.4) is 0 Å². The highest BCUT2D eigenvalue weighted by Gasteiger charge is 2.47. The summed E-state index contributed by atoms with van der Waals surface area (Å²) >= 11 is 3.51. The van der Waals surface area contributed by atoms with Gasteiger partial charge in [-0.1, -0.05) is 35.0 Å². The Bertz CT molecular complexity index is 376. The van der Waals surface area contributed by atoms with Gasteiger partial charge in [-0.05, 0) is 61.3 Å². The van der Waals surface area contributed by atoms with Crippen LogP contribution in [0.25, 0.3) is 0 Å². The van der Waals surface area contributed by atoms with Crippen LogP contribution in [0, 0.1) is 17.8 Å². The van der Waals surface area contributed by atoms with E-state index < -0.39 is 0 Å². The maximum absolute atomic E-state index is 3.69. The Morgan fingerprint density at radius 3 is 2.41 bits per heavy atom. The predicted molar refractivity (Wildman–Crippen MR) is 74.9 cm³/mol. The summed E-state index contributed by atoms with van der Waals surface area (Å²) in [5.74, 6) is 2.99. The van der Waals surface area contributed by atoms with E-state index in [1.165, 1.54) is 29.3 Å². The second-order valence-electron chi connectivity index (χ2n) is 5.57. The number of halogens is 1. The lowest BCUT2D eigenvalue weighted by Gasteiger charge is -2.26. The molecule has 3 atom stereocenters. The maximum Gasteiger partial charge on any atom is 0.0348 e. The molecule has 0 heterocycles. The molecule has 2 fully saturated rings. The molecule has 1 N–H and O–H groups in total. The maximum atomic E-state index is 3.69. The third-order valence-corrected chi connectivity index (χ3v) is 4.93. The molecular formula is C15H20BrN. The monoisotopic (exact) mass is 293 g/mol. The minimum atomic E-state index is 0.570. The lowest BCUT2D eigenvalue weighted by atomic mass is 9.89. The first kappa shape index (κ1) is 11.7. The van der Waals surface area contributed by atoms with Crippen LogP contribution in [-0.4, -0.2) is 6.54 Å². The molecule has 2 aliphatic rings. The highest BCUT2D eigenvalue weighted by molar-refractivity contribution is 9.10. The topological polar surface area (TPSA) is 12.0 Å². The number of nitrogens with one attached hydrogen (secondary N) is 1. The van der Waals surface area contributed by atoms with Crippen molar-refractivity contribution in [1.82, 2.24) is 5.32 Å².